The minimum atomic E-state index is -0.455. The maximum Gasteiger partial charge on any atom is 0.269 e. The number of non-ortho nitro benzene ring substituents is 1. The van der Waals surface area contributed by atoms with E-state index in [1.807, 2.05) is 25.1 Å². The van der Waals surface area contributed by atoms with Gasteiger partial charge in [0.2, 0.25) is 0 Å². The van der Waals surface area contributed by atoms with Gasteiger partial charge in [0.25, 0.3) is 5.69 Å². The van der Waals surface area contributed by atoms with E-state index in [9.17, 15) is 10.1 Å². The van der Waals surface area contributed by atoms with Crippen molar-refractivity contribution in [2.45, 2.75) is 6.92 Å². The number of aliphatic hydroxyl groups is 1. The van der Waals surface area contributed by atoms with Gasteiger partial charge in [-0.15, -0.1) is 0 Å². The largest absolute Gasteiger partial charge is 0.395 e. The maximum atomic E-state index is 10.6. The Kier molecular flexibility index (Phi) is 5.16. The topological polar surface area (TPSA) is 100 Å². The minimum absolute atomic E-state index is 0.0226. The van der Waals surface area contributed by atoms with Crippen molar-refractivity contribution in [2.24, 2.45) is 10.2 Å². The minimum Gasteiger partial charge on any atom is -0.395 e. The quantitative estimate of drug-likeness (QED) is 0.482. The standard InChI is InChI=1S/C15H16N4O3/c1-11-10-13(16-8-9-20)4-7-15(11)18-17-12-2-5-14(6-3-12)19(21)22/h2-7,10,16,20H,8-9H2,1H3/b18-17+. The zero-order chi connectivity index (χ0) is 15.9. The molecule has 0 saturated heterocycles. The monoisotopic (exact) mass is 300 g/mol. The molecule has 0 atom stereocenters. The summed E-state index contributed by atoms with van der Waals surface area (Å²) in [6.45, 7) is 2.47. The van der Waals surface area contributed by atoms with Gasteiger partial charge in [0.05, 0.1) is 22.9 Å². The molecule has 7 heteroatoms. The van der Waals surface area contributed by atoms with Crippen LogP contribution in [0.4, 0.5) is 22.7 Å². The van der Waals surface area contributed by atoms with Crippen LogP contribution in [0.1, 0.15) is 5.56 Å². The van der Waals surface area contributed by atoms with Crippen molar-refractivity contribution in [3.63, 3.8) is 0 Å². The Labute approximate surface area is 127 Å². The smallest absolute Gasteiger partial charge is 0.269 e. The summed E-state index contributed by atoms with van der Waals surface area (Å²) in [7, 11) is 0. The summed E-state index contributed by atoms with van der Waals surface area (Å²) in [5, 5.41) is 30.6. The van der Waals surface area contributed by atoms with Gasteiger partial charge in [-0.25, -0.2) is 0 Å². The number of nitro groups is 1. The molecule has 2 aromatic rings. The van der Waals surface area contributed by atoms with E-state index in [0.717, 1.165) is 11.3 Å². The van der Waals surface area contributed by atoms with Crippen molar-refractivity contribution in [1.82, 2.24) is 0 Å². The van der Waals surface area contributed by atoms with Crippen molar-refractivity contribution >= 4 is 22.7 Å². The first-order chi connectivity index (χ1) is 10.6. The third-order valence-electron chi connectivity index (χ3n) is 2.97. The number of nitrogens with one attached hydrogen (secondary N) is 1. The molecule has 7 nitrogen and oxygen atoms in total. The Morgan fingerprint density at radius 1 is 1.18 bits per heavy atom. The van der Waals surface area contributed by atoms with Crippen LogP contribution in [-0.4, -0.2) is 23.2 Å². The number of nitro benzene ring substituents is 1. The average Bonchev–Trinajstić information content (AvgIpc) is 2.52. The second-order valence-electron chi connectivity index (χ2n) is 4.63. The SMILES string of the molecule is Cc1cc(NCCO)ccc1/N=N/c1ccc([N+](=O)[O-])cc1. The van der Waals surface area contributed by atoms with Gasteiger partial charge in [0, 0.05) is 24.4 Å². The first-order valence-corrected chi connectivity index (χ1v) is 6.72. The molecule has 0 aliphatic rings. The molecule has 0 bridgehead atoms. The molecule has 2 rings (SSSR count). The summed E-state index contributed by atoms with van der Waals surface area (Å²) in [4.78, 5) is 10.1. The predicted octanol–water partition coefficient (Wildman–Crippen LogP) is 3.72. The molecule has 0 amide bonds. The Hall–Kier alpha value is -2.80. The normalized spacial score (nSPS) is 10.8. The van der Waals surface area contributed by atoms with E-state index < -0.39 is 4.92 Å². The van der Waals surface area contributed by atoms with Crippen molar-refractivity contribution < 1.29 is 10.0 Å². The zero-order valence-electron chi connectivity index (χ0n) is 12.1. The molecular formula is C15H16N4O3. The van der Waals surface area contributed by atoms with Gasteiger partial charge >= 0.3 is 0 Å². The number of rotatable bonds is 6. The first-order valence-electron chi connectivity index (χ1n) is 6.72. The lowest BCUT2D eigenvalue weighted by molar-refractivity contribution is -0.384. The number of aliphatic hydroxyl groups excluding tert-OH is 1. The summed E-state index contributed by atoms with van der Waals surface area (Å²) >= 11 is 0. The molecule has 22 heavy (non-hydrogen) atoms. The van der Waals surface area contributed by atoms with Crippen molar-refractivity contribution in [3.8, 4) is 0 Å². The van der Waals surface area contributed by atoms with Crippen LogP contribution in [0.25, 0.3) is 0 Å². The fraction of sp³-hybridized carbons (Fsp3) is 0.200. The molecule has 0 aromatic heterocycles. The molecule has 0 heterocycles. The first kappa shape index (κ1) is 15.6. The van der Waals surface area contributed by atoms with Gasteiger partial charge in [-0.05, 0) is 42.8 Å². The number of hydrogen-bond acceptors (Lipinski definition) is 6. The average molecular weight is 300 g/mol. The second kappa shape index (κ2) is 7.28. The van der Waals surface area contributed by atoms with Crippen LogP contribution in [0.15, 0.2) is 52.7 Å². The highest BCUT2D eigenvalue weighted by atomic mass is 16.6. The Morgan fingerprint density at radius 3 is 2.50 bits per heavy atom. The van der Waals surface area contributed by atoms with Crippen molar-refractivity contribution in [1.29, 1.82) is 0 Å². The van der Waals surface area contributed by atoms with Crippen LogP contribution in [0.3, 0.4) is 0 Å². The maximum absolute atomic E-state index is 10.6. The van der Waals surface area contributed by atoms with Crippen LogP contribution in [0.5, 0.6) is 0 Å². The summed E-state index contributed by atoms with van der Waals surface area (Å²) in [5.41, 5.74) is 3.13. The molecule has 0 aliphatic heterocycles. The summed E-state index contributed by atoms with van der Waals surface area (Å²) in [6.07, 6.45) is 0. The predicted molar refractivity (Wildman–Crippen MR) is 84.0 cm³/mol. The Bertz CT molecular complexity index is 684. The van der Waals surface area contributed by atoms with E-state index in [1.165, 1.54) is 12.1 Å². The number of benzene rings is 2. The number of aryl methyl sites for hydroxylation is 1. The molecule has 0 spiro atoms. The highest BCUT2D eigenvalue weighted by Crippen LogP contribution is 2.25. The number of azo groups is 1. The lowest BCUT2D eigenvalue weighted by Crippen LogP contribution is -2.05. The van der Waals surface area contributed by atoms with E-state index in [0.29, 0.717) is 17.9 Å². The van der Waals surface area contributed by atoms with E-state index >= 15 is 0 Å². The van der Waals surface area contributed by atoms with Crippen LogP contribution in [0.2, 0.25) is 0 Å². The van der Waals surface area contributed by atoms with E-state index in [4.69, 9.17) is 5.11 Å². The third-order valence-corrected chi connectivity index (χ3v) is 2.97. The van der Waals surface area contributed by atoms with Crippen molar-refractivity contribution in [3.05, 3.63) is 58.1 Å². The summed E-state index contributed by atoms with van der Waals surface area (Å²) in [6, 6.07) is 11.5. The third kappa shape index (κ3) is 4.10. The highest BCUT2D eigenvalue weighted by Gasteiger charge is 2.03. The molecule has 2 N–H and O–H groups in total. The fourth-order valence-electron chi connectivity index (χ4n) is 1.83. The second-order valence-corrected chi connectivity index (χ2v) is 4.63. The molecule has 2 aromatic carbocycles. The molecule has 0 aliphatic carbocycles. The van der Waals surface area contributed by atoms with E-state index in [-0.39, 0.29) is 12.3 Å². The lowest BCUT2D eigenvalue weighted by Gasteiger charge is -2.06. The van der Waals surface area contributed by atoms with Crippen LogP contribution < -0.4 is 5.32 Å². The van der Waals surface area contributed by atoms with Gasteiger partial charge in [0.1, 0.15) is 0 Å². The van der Waals surface area contributed by atoms with Crippen LogP contribution in [-0.2, 0) is 0 Å². The molecule has 0 radical (unpaired) electrons. The Balaban J connectivity index is 2.10. The van der Waals surface area contributed by atoms with Gasteiger partial charge in [-0.3, -0.25) is 10.1 Å². The highest BCUT2D eigenvalue weighted by molar-refractivity contribution is 5.56. The fourth-order valence-corrected chi connectivity index (χ4v) is 1.83. The number of nitrogens with zero attached hydrogens (tertiary/aromatic N) is 3. The summed E-state index contributed by atoms with van der Waals surface area (Å²) in [5.74, 6) is 0. The zero-order valence-corrected chi connectivity index (χ0v) is 12.1. The molecular weight excluding hydrogens is 284 g/mol. The van der Waals surface area contributed by atoms with Crippen LogP contribution in [0, 0.1) is 17.0 Å². The molecule has 0 fully saturated rings. The molecule has 114 valence electrons. The van der Waals surface area contributed by atoms with E-state index in [2.05, 4.69) is 15.5 Å². The van der Waals surface area contributed by atoms with Crippen LogP contribution >= 0.6 is 0 Å². The van der Waals surface area contributed by atoms with Gasteiger partial charge in [0.15, 0.2) is 0 Å². The van der Waals surface area contributed by atoms with Gasteiger partial charge in [-0.2, -0.15) is 10.2 Å². The lowest BCUT2D eigenvalue weighted by atomic mass is 10.2. The number of hydrogen-bond donors (Lipinski definition) is 2. The Morgan fingerprint density at radius 2 is 1.91 bits per heavy atom. The summed E-state index contributed by atoms with van der Waals surface area (Å²) < 4.78 is 0. The van der Waals surface area contributed by atoms with Crippen molar-refractivity contribution in [2.75, 3.05) is 18.5 Å². The van der Waals surface area contributed by atoms with Gasteiger partial charge in [-0.1, -0.05) is 0 Å². The van der Waals surface area contributed by atoms with Gasteiger partial charge < -0.3 is 10.4 Å². The van der Waals surface area contributed by atoms with E-state index in [1.54, 1.807) is 12.1 Å². The number of anilines is 1. The molecule has 0 unspecified atom stereocenters. The molecule has 0 saturated carbocycles.